The molecule has 0 saturated carbocycles. The Labute approximate surface area is 93.2 Å². The third-order valence-corrected chi connectivity index (χ3v) is 2.71. The van der Waals surface area contributed by atoms with E-state index in [0.717, 1.165) is 12.2 Å². The molecule has 0 spiro atoms. The van der Waals surface area contributed by atoms with E-state index in [1.165, 1.54) is 12.1 Å². The number of piperazine rings is 1. The molecule has 1 saturated heterocycles. The van der Waals surface area contributed by atoms with Crippen molar-refractivity contribution in [1.82, 2.24) is 5.32 Å². The minimum absolute atomic E-state index is 0.259. The minimum atomic E-state index is -0.355. The van der Waals surface area contributed by atoms with Gasteiger partial charge in [-0.2, -0.15) is 0 Å². The largest absolute Gasteiger partial charge is 0.368 e. The van der Waals surface area contributed by atoms with Crippen molar-refractivity contribution < 1.29 is 9.18 Å². The summed E-state index contributed by atoms with van der Waals surface area (Å²) in [5.41, 5.74) is 6.15. The van der Waals surface area contributed by atoms with Gasteiger partial charge in [0.1, 0.15) is 11.9 Å². The normalized spacial score (nSPS) is 20.8. The molecule has 1 fully saturated rings. The van der Waals surface area contributed by atoms with Crippen LogP contribution in [0.1, 0.15) is 0 Å². The van der Waals surface area contributed by atoms with E-state index in [1.807, 2.05) is 4.90 Å². The summed E-state index contributed by atoms with van der Waals surface area (Å²) < 4.78 is 12.8. The first-order chi connectivity index (χ1) is 7.66. The molecule has 1 amide bonds. The standard InChI is InChI=1S/C11H14FN3O/c12-8-1-3-9(4-2-8)15-6-5-14-10(7-15)11(13)16/h1-4,10,14H,5-7H2,(H2,13,16)/t10-/m0/s1. The zero-order valence-electron chi connectivity index (χ0n) is 8.82. The van der Waals surface area contributed by atoms with Gasteiger partial charge in [0.15, 0.2) is 0 Å². The Bertz CT molecular complexity index is 379. The Morgan fingerprint density at radius 2 is 2.12 bits per heavy atom. The van der Waals surface area contributed by atoms with Crippen LogP contribution in [0.2, 0.25) is 0 Å². The fraction of sp³-hybridized carbons (Fsp3) is 0.364. The average molecular weight is 223 g/mol. The predicted octanol–water partition coefficient (Wildman–Crippen LogP) is 0.0892. The van der Waals surface area contributed by atoms with Gasteiger partial charge in [0.2, 0.25) is 5.91 Å². The van der Waals surface area contributed by atoms with Gasteiger partial charge in [-0.05, 0) is 24.3 Å². The van der Waals surface area contributed by atoms with Gasteiger partial charge >= 0.3 is 0 Å². The quantitative estimate of drug-likeness (QED) is 0.747. The minimum Gasteiger partial charge on any atom is -0.368 e. The number of nitrogens with zero attached hydrogens (tertiary/aromatic N) is 1. The molecule has 0 unspecified atom stereocenters. The number of carbonyl (C=O) groups is 1. The number of hydrogen-bond donors (Lipinski definition) is 2. The maximum Gasteiger partial charge on any atom is 0.236 e. The number of carbonyl (C=O) groups excluding carboxylic acids is 1. The maximum absolute atomic E-state index is 12.8. The van der Waals surface area contributed by atoms with Crippen molar-refractivity contribution in [3.05, 3.63) is 30.1 Å². The first kappa shape index (κ1) is 10.9. The lowest BCUT2D eigenvalue weighted by molar-refractivity contribution is -0.120. The number of anilines is 1. The molecule has 4 nitrogen and oxygen atoms in total. The summed E-state index contributed by atoms with van der Waals surface area (Å²) in [6, 6.07) is 5.91. The van der Waals surface area contributed by atoms with E-state index in [2.05, 4.69) is 5.32 Å². The molecule has 1 aliphatic rings. The number of amides is 1. The molecule has 86 valence electrons. The molecule has 1 atom stereocenters. The predicted molar refractivity (Wildman–Crippen MR) is 59.6 cm³/mol. The number of benzene rings is 1. The van der Waals surface area contributed by atoms with Crippen LogP contribution in [0, 0.1) is 5.82 Å². The number of primary amides is 1. The lowest BCUT2D eigenvalue weighted by Crippen LogP contribution is -2.56. The second kappa shape index (κ2) is 4.49. The molecule has 0 radical (unpaired) electrons. The number of nitrogens with two attached hydrogens (primary N) is 1. The topological polar surface area (TPSA) is 58.4 Å². The Balaban J connectivity index is 2.09. The molecular formula is C11H14FN3O. The summed E-state index contributed by atoms with van der Waals surface area (Å²) in [6.07, 6.45) is 0. The van der Waals surface area contributed by atoms with Crippen molar-refractivity contribution in [3.63, 3.8) is 0 Å². The molecule has 1 heterocycles. The highest BCUT2D eigenvalue weighted by atomic mass is 19.1. The zero-order chi connectivity index (χ0) is 11.5. The highest BCUT2D eigenvalue weighted by Crippen LogP contribution is 2.16. The summed E-state index contributed by atoms with van der Waals surface area (Å²) in [5, 5.41) is 3.04. The van der Waals surface area contributed by atoms with E-state index in [-0.39, 0.29) is 17.8 Å². The van der Waals surface area contributed by atoms with E-state index in [1.54, 1.807) is 12.1 Å². The van der Waals surface area contributed by atoms with Gasteiger partial charge in [0.25, 0.3) is 0 Å². The van der Waals surface area contributed by atoms with Crippen LogP contribution in [0.4, 0.5) is 10.1 Å². The number of hydrogen-bond acceptors (Lipinski definition) is 3. The molecule has 0 aliphatic carbocycles. The van der Waals surface area contributed by atoms with E-state index in [0.29, 0.717) is 13.1 Å². The monoisotopic (exact) mass is 223 g/mol. The Morgan fingerprint density at radius 3 is 2.75 bits per heavy atom. The van der Waals surface area contributed by atoms with Crippen LogP contribution < -0.4 is 16.0 Å². The number of nitrogens with one attached hydrogen (secondary N) is 1. The molecular weight excluding hydrogens is 209 g/mol. The van der Waals surface area contributed by atoms with E-state index < -0.39 is 0 Å². The van der Waals surface area contributed by atoms with Gasteiger partial charge in [-0.15, -0.1) is 0 Å². The van der Waals surface area contributed by atoms with Gasteiger partial charge in [-0.25, -0.2) is 4.39 Å². The number of rotatable bonds is 2. The summed E-state index contributed by atoms with van der Waals surface area (Å²) in [7, 11) is 0. The molecule has 0 aromatic heterocycles. The molecule has 3 N–H and O–H groups in total. The van der Waals surface area contributed by atoms with Crippen LogP contribution >= 0.6 is 0 Å². The smallest absolute Gasteiger partial charge is 0.236 e. The average Bonchev–Trinajstić information content (AvgIpc) is 2.30. The molecule has 5 heteroatoms. The Morgan fingerprint density at radius 1 is 1.44 bits per heavy atom. The summed E-state index contributed by atoms with van der Waals surface area (Å²) in [6.45, 7) is 2.02. The van der Waals surface area contributed by atoms with Crippen molar-refractivity contribution in [1.29, 1.82) is 0 Å². The summed E-state index contributed by atoms with van der Waals surface area (Å²) in [4.78, 5) is 13.1. The Kier molecular flexibility index (Phi) is 3.05. The second-order valence-corrected chi connectivity index (χ2v) is 3.83. The van der Waals surface area contributed by atoms with Gasteiger partial charge in [-0.3, -0.25) is 4.79 Å². The lowest BCUT2D eigenvalue weighted by Gasteiger charge is -2.33. The van der Waals surface area contributed by atoms with E-state index in [9.17, 15) is 9.18 Å². The van der Waals surface area contributed by atoms with Crippen LogP contribution in [-0.2, 0) is 4.79 Å². The van der Waals surface area contributed by atoms with Crippen molar-refractivity contribution in [2.24, 2.45) is 5.73 Å². The van der Waals surface area contributed by atoms with Crippen LogP contribution in [-0.4, -0.2) is 31.6 Å². The van der Waals surface area contributed by atoms with Crippen LogP contribution in [0.5, 0.6) is 0 Å². The highest BCUT2D eigenvalue weighted by molar-refractivity contribution is 5.81. The van der Waals surface area contributed by atoms with Crippen LogP contribution in [0.3, 0.4) is 0 Å². The van der Waals surface area contributed by atoms with Crippen LogP contribution in [0.25, 0.3) is 0 Å². The zero-order valence-corrected chi connectivity index (χ0v) is 8.82. The summed E-state index contributed by atoms with van der Waals surface area (Å²) >= 11 is 0. The molecule has 1 aliphatic heterocycles. The third-order valence-electron chi connectivity index (χ3n) is 2.71. The number of halogens is 1. The van der Waals surface area contributed by atoms with E-state index in [4.69, 9.17) is 5.73 Å². The molecule has 16 heavy (non-hydrogen) atoms. The van der Waals surface area contributed by atoms with Gasteiger partial charge in [0.05, 0.1) is 0 Å². The molecule has 0 bridgehead atoms. The van der Waals surface area contributed by atoms with Gasteiger partial charge in [0, 0.05) is 25.3 Å². The van der Waals surface area contributed by atoms with Crippen LogP contribution in [0.15, 0.2) is 24.3 Å². The fourth-order valence-electron chi connectivity index (χ4n) is 1.83. The second-order valence-electron chi connectivity index (χ2n) is 3.83. The van der Waals surface area contributed by atoms with Crippen molar-refractivity contribution in [2.75, 3.05) is 24.5 Å². The molecule has 2 rings (SSSR count). The maximum atomic E-state index is 12.8. The van der Waals surface area contributed by atoms with Crippen molar-refractivity contribution >= 4 is 11.6 Å². The molecule has 1 aromatic rings. The van der Waals surface area contributed by atoms with Crippen molar-refractivity contribution in [2.45, 2.75) is 6.04 Å². The van der Waals surface area contributed by atoms with E-state index >= 15 is 0 Å². The first-order valence-corrected chi connectivity index (χ1v) is 5.20. The van der Waals surface area contributed by atoms with Crippen molar-refractivity contribution in [3.8, 4) is 0 Å². The van der Waals surface area contributed by atoms with Gasteiger partial charge in [-0.1, -0.05) is 0 Å². The highest BCUT2D eigenvalue weighted by Gasteiger charge is 2.23. The molecule has 1 aromatic carbocycles. The third kappa shape index (κ3) is 2.30. The fourth-order valence-corrected chi connectivity index (χ4v) is 1.83. The van der Waals surface area contributed by atoms with Gasteiger partial charge < -0.3 is 16.0 Å². The Hall–Kier alpha value is -1.62. The summed E-state index contributed by atoms with van der Waals surface area (Å²) in [5.74, 6) is -0.614. The first-order valence-electron chi connectivity index (χ1n) is 5.20. The SMILES string of the molecule is NC(=O)[C@@H]1CN(c2ccc(F)cc2)CCN1. The lowest BCUT2D eigenvalue weighted by atomic mass is 10.1.